The van der Waals surface area contributed by atoms with Crippen LogP contribution >= 0.6 is 11.8 Å². The molecule has 0 spiro atoms. The number of hydrogen-bond acceptors (Lipinski definition) is 8. The zero-order valence-electron chi connectivity index (χ0n) is 19.2. The fraction of sp³-hybridized carbons (Fsp3) is 0.280. The Kier molecular flexibility index (Phi) is 8.48. The number of nitro benzene ring substituents is 1. The average Bonchev–Trinajstić information content (AvgIpc) is 3.23. The third kappa shape index (κ3) is 5.85. The minimum Gasteiger partial charge on any atom is -0.466 e. The van der Waals surface area contributed by atoms with Crippen molar-refractivity contribution >= 4 is 35.5 Å². The molecule has 1 atom stereocenters. The number of thioether (sulfide) groups is 1. The van der Waals surface area contributed by atoms with Crippen LogP contribution in [-0.4, -0.2) is 55.3 Å². The Bertz CT molecular complexity index is 1110. The van der Waals surface area contributed by atoms with Crippen LogP contribution in [0.5, 0.6) is 0 Å². The lowest BCUT2D eigenvalue weighted by Gasteiger charge is -2.21. The minimum atomic E-state index is -0.415. The largest absolute Gasteiger partial charge is 0.466 e. The van der Waals surface area contributed by atoms with Gasteiger partial charge in [-0.15, -0.1) is 11.8 Å². The molecular formula is C25H26N2O6S. The van der Waals surface area contributed by atoms with Gasteiger partial charge in [-0.25, -0.2) is 9.59 Å². The highest BCUT2D eigenvalue weighted by Crippen LogP contribution is 2.36. The monoisotopic (exact) mass is 482 g/mol. The second-order valence-electron chi connectivity index (χ2n) is 7.61. The average molecular weight is 483 g/mol. The number of ether oxygens (including phenoxy) is 2. The number of carbonyl (C=O) groups excluding carboxylic acids is 2. The van der Waals surface area contributed by atoms with Crippen LogP contribution in [0.2, 0.25) is 0 Å². The maximum Gasteiger partial charge on any atom is 0.337 e. The van der Waals surface area contributed by atoms with E-state index in [1.165, 1.54) is 38.1 Å². The van der Waals surface area contributed by atoms with Gasteiger partial charge < -0.3 is 14.4 Å². The van der Waals surface area contributed by atoms with Gasteiger partial charge in [0, 0.05) is 31.1 Å². The maximum absolute atomic E-state index is 12.6. The molecule has 1 aliphatic rings. The van der Waals surface area contributed by atoms with Crippen molar-refractivity contribution in [3.8, 4) is 0 Å². The molecule has 0 bridgehead atoms. The number of nitro groups is 1. The molecule has 3 rings (SSSR count). The Morgan fingerprint density at radius 1 is 1.09 bits per heavy atom. The molecule has 1 heterocycles. The van der Waals surface area contributed by atoms with E-state index in [1.54, 1.807) is 24.3 Å². The number of non-ortho nitro benzene ring substituents is 1. The van der Waals surface area contributed by atoms with E-state index >= 15 is 0 Å². The smallest absolute Gasteiger partial charge is 0.337 e. The Morgan fingerprint density at radius 3 is 2.29 bits per heavy atom. The molecule has 9 heteroatoms. The molecule has 1 aliphatic heterocycles. The Labute approximate surface area is 202 Å². The Morgan fingerprint density at radius 2 is 1.74 bits per heavy atom. The highest BCUT2D eigenvalue weighted by Gasteiger charge is 2.34. The molecule has 8 nitrogen and oxygen atoms in total. The second-order valence-corrected chi connectivity index (χ2v) is 8.41. The van der Waals surface area contributed by atoms with Crippen LogP contribution in [0.3, 0.4) is 0 Å². The van der Waals surface area contributed by atoms with E-state index in [2.05, 4.69) is 4.90 Å². The summed E-state index contributed by atoms with van der Waals surface area (Å²) in [5, 5.41) is 11.7. The molecule has 2 aromatic rings. The highest BCUT2D eigenvalue weighted by atomic mass is 32.2. The lowest BCUT2D eigenvalue weighted by molar-refractivity contribution is -0.384. The van der Waals surface area contributed by atoms with Crippen molar-refractivity contribution in [1.29, 1.82) is 0 Å². The molecule has 0 fully saturated rings. The van der Waals surface area contributed by atoms with E-state index in [0.717, 1.165) is 16.2 Å². The lowest BCUT2D eigenvalue weighted by Crippen LogP contribution is -2.23. The van der Waals surface area contributed by atoms with E-state index in [-0.39, 0.29) is 17.6 Å². The van der Waals surface area contributed by atoms with Crippen molar-refractivity contribution in [3.05, 3.63) is 92.0 Å². The molecule has 0 aromatic heterocycles. The summed E-state index contributed by atoms with van der Waals surface area (Å²) < 4.78 is 9.79. The summed E-state index contributed by atoms with van der Waals surface area (Å²) in [5.74, 6) is -0.916. The predicted molar refractivity (Wildman–Crippen MR) is 131 cm³/mol. The number of esters is 2. The maximum atomic E-state index is 12.6. The molecule has 1 unspecified atom stereocenters. The van der Waals surface area contributed by atoms with Gasteiger partial charge in [-0.2, -0.15) is 0 Å². The number of nitrogens with zero attached hydrogens (tertiary/aromatic N) is 2. The molecule has 0 amide bonds. The molecule has 0 radical (unpaired) electrons. The number of rotatable bonds is 9. The van der Waals surface area contributed by atoms with E-state index in [4.69, 9.17) is 9.47 Å². The quantitative estimate of drug-likeness (QED) is 0.296. The van der Waals surface area contributed by atoms with Gasteiger partial charge in [-0.1, -0.05) is 36.4 Å². The molecule has 2 aromatic carbocycles. The van der Waals surface area contributed by atoms with E-state index < -0.39 is 10.9 Å². The van der Waals surface area contributed by atoms with E-state index in [1.807, 2.05) is 30.5 Å². The van der Waals surface area contributed by atoms with Crippen LogP contribution in [0.15, 0.2) is 65.2 Å². The summed E-state index contributed by atoms with van der Waals surface area (Å²) in [5.41, 5.74) is 3.02. The summed E-state index contributed by atoms with van der Waals surface area (Å²) >= 11 is 1.50. The molecule has 0 saturated heterocycles. The number of hydrogen-bond donors (Lipinski definition) is 0. The lowest BCUT2D eigenvalue weighted by atomic mass is 10.0. The standard InChI is InChI=1S/C25H26N2O6S/c1-32-24(28)19-9-4-17(5-10-19)6-11-20-16-26(23(34-3)22(20)25(29)33-2)15-14-18-7-12-21(13-8-18)27(30)31/h4-13,20H,14-16H2,1-3H3/b11-6+. The van der Waals surface area contributed by atoms with Crippen LogP contribution < -0.4 is 0 Å². The van der Waals surface area contributed by atoms with Crippen molar-refractivity contribution in [2.75, 3.05) is 33.6 Å². The first-order valence-electron chi connectivity index (χ1n) is 10.6. The molecule has 0 saturated carbocycles. The Balaban J connectivity index is 1.76. The SMILES string of the molecule is COC(=O)C1=C(SC)N(CCc2ccc([N+](=O)[O-])cc2)CC1/C=C/c1ccc(C(=O)OC)cc1. The molecule has 0 aliphatic carbocycles. The number of benzene rings is 2. The van der Waals surface area contributed by atoms with Crippen LogP contribution in [0.1, 0.15) is 21.5 Å². The number of methoxy groups -OCH3 is 2. The zero-order chi connectivity index (χ0) is 24.7. The van der Waals surface area contributed by atoms with Crippen LogP contribution in [-0.2, 0) is 20.7 Å². The van der Waals surface area contributed by atoms with Crippen molar-refractivity contribution in [2.24, 2.45) is 5.92 Å². The van der Waals surface area contributed by atoms with Crippen LogP contribution in [0.25, 0.3) is 6.08 Å². The normalized spacial score (nSPS) is 15.6. The van der Waals surface area contributed by atoms with Crippen LogP contribution in [0.4, 0.5) is 5.69 Å². The van der Waals surface area contributed by atoms with Gasteiger partial charge >= 0.3 is 11.9 Å². The van der Waals surface area contributed by atoms with Crippen molar-refractivity contribution in [3.63, 3.8) is 0 Å². The highest BCUT2D eigenvalue weighted by molar-refractivity contribution is 8.02. The summed E-state index contributed by atoms with van der Waals surface area (Å²) in [6.45, 7) is 1.27. The summed E-state index contributed by atoms with van der Waals surface area (Å²) in [6.07, 6.45) is 6.50. The fourth-order valence-corrected chi connectivity index (χ4v) is 4.68. The van der Waals surface area contributed by atoms with E-state index in [0.29, 0.717) is 30.6 Å². The molecular weight excluding hydrogens is 456 g/mol. The summed E-state index contributed by atoms with van der Waals surface area (Å²) in [6, 6.07) is 13.5. The Hall–Kier alpha value is -3.59. The second kappa shape index (κ2) is 11.5. The van der Waals surface area contributed by atoms with Gasteiger partial charge in [-0.3, -0.25) is 10.1 Å². The van der Waals surface area contributed by atoms with Gasteiger partial charge in [0.2, 0.25) is 0 Å². The van der Waals surface area contributed by atoms with Gasteiger partial charge in [0.1, 0.15) is 0 Å². The zero-order valence-corrected chi connectivity index (χ0v) is 20.0. The first-order valence-corrected chi connectivity index (χ1v) is 11.8. The first kappa shape index (κ1) is 25.0. The summed E-state index contributed by atoms with van der Waals surface area (Å²) in [7, 11) is 2.72. The van der Waals surface area contributed by atoms with Gasteiger partial charge in [0.05, 0.1) is 35.3 Å². The van der Waals surface area contributed by atoms with Gasteiger partial charge in [-0.05, 0) is 35.9 Å². The topological polar surface area (TPSA) is 99.0 Å². The van der Waals surface area contributed by atoms with Crippen molar-refractivity contribution < 1.29 is 24.0 Å². The summed E-state index contributed by atoms with van der Waals surface area (Å²) in [4.78, 5) is 36.8. The van der Waals surface area contributed by atoms with Gasteiger partial charge in [0.15, 0.2) is 0 Å². The predicted octanol–water partition coefficient (Wildman–Crippen LogP) is 4.32. The first-order chi connectivity index (χ1) is 16.4. The molecule has 178 valence electrons. The number of carbonyl (C=O) groups is 2. The third-order valence-electron chi connectivity index (χ3n) is 5.57. The van der Waals surface area contributed by atoms with Gasteiger partial charge in [0.25, 0.3) is 5.69 Å². The minimum absolute atomic E-state index is 0.0624. The third-order valence-corrected chi connectivity index (χ3v) is 6.44. The van der Waals surface area contributed by atoms with E-state index in [9.17, 15) is 19.7 Å². The molecule has 0 N–H and O–H groups in total. The van der Waals surface area contributed by atoms with Crippen LogP contribution in [0, 0.1) is 16.0 Å². The van der Waals surface area contributed by atoms with Crippen molar-refractivity contribution in [2.45, 2.75) is 6.42 Å². The molecule has 34 heavy (non-hydrogen) atoms. The fourth-order valence-electron chi connectivity index (χ4n) is 3.80. The van der Waals surface area contributed by atoms with Crippen molar-refractivity contribution in [1.82, 2.24) is 4.90 Å².